The lowest BCUT2D eigenvalue weighted by atomic mass is 10.2. The molecule has 0 unspecified atom stereocenters. The summed E-state index contributed by atoms with van der Waals surface area (Å²) in [5.41, 5.74) is 2.44. The molecule has 0 atom stereocenters. The van der Waals surface area contributed by atoms with Gasteiger partial charge in [0.05, 0.1) is 5.56 Å². The summed E-state index contributed by atoms with van der Waals surface area (Å²) < 4.78 is 0.791. The van der Waals surface area contributed by atoms with E-state index in [1.807, 2.05) is 42.5 Å². The van der Waals surface area contributed by atoms with Gasteiger partial charge < -0.3 is 10.6 Å². The second kappa shape index (κ2) is 9.49. The van der Waals surface area contributed by atoms with Crippen molar-refractivity contribution in [2.24, 2.45) is 0 Å². The zero-order valence-corrected chi connectivity index (χ0v) is 14.8. The summed E-state index contributed by atoms with van der Waals surface area (Å²) in [6, 6.07) is 15.2. The molecule has 2 aromatic rings. The summed E-state index contributed by atoms with van der Waals surface area (Å²) in [6.45, 7) is 3.11. The molecule has 0 aliphatic rings. The molecule has 0 aliphatic carbocycles. The van der Waals surface area contributed by atoms with Gasteiger partial charge in [-0.15, -0.1) is 12.4 Å². The van der Waals surface area contributed by atoms with Gasteiger partial charge in [-0.2, -0.15) is 0 Å². The third kappa shape index (κ3) is 5.35. The fourth-order valence-electron chi connectivity index (χ4n) is 1.96. The van der Waals surface area contributed by atoms with Crippen LogP contribution in [0.15, 0.2) is 53.0 Å². The largest absolute Gasteiger partial charge is 0.385 e. The maximum atomic E-state index is 12.2. The van der Waals surface area contributed by atoms with E-state index >= 15 is 0 Å². The van der Waals surface area contributed by atoms with Crippen molar-refractivity contribution >= 4 is 45.6 Å². The van der Waals surface area contributed by atoms with Gasteiger partial charge in [0.1, 0.15) is 0 Å². The van der Waals surface area contributed by atoms with Gasteiger partial charge >= 0.3 is 0 Å². The van der Waals surface area contributed by atoms with E-state index in [1.54, 1.807) is 6.07 Å². The lowest BCUT2D eigenvalue weighted by molar-refractivity contribution is 0.102. The van der Waals surface area contributed by atoms with Crippen LogP contribution in [0.5, 0.6) is 0 Å². The van der Waals surface area contributed by atoms with Crippen LogP contribution in [-0.2, 0) is 0 Å². The normalized spacial score (nSPS) is 9.73. The van der Waals surface area contributed by atoms with Gasteiger partial charge in [0.15, 0.2) is 0 Å². The molecular weight excluding hydrogens is 364 g/mol. The first kappa shape index (κ1) is 18.5. The summed E-state index contributed by atoms with van der Waals surface area (Å²) in [6.07, 6.45) is 2.29. The van der Waals surface area contributed by atoms with Crippen LogP contribution in [-0.4, -0.2) is 12.5 Å². The summed E-state index contributed by atoms with van der Waals surface area (Å²) in [5, 5.41) is 6.27. The molecule has 0 fully saturated rings. The minimum absolute atomic E-state index is 0. The average Bonchev–Trinajstić information content (AvgIpc) is 2.48. The molecule has 2 aromatic carbocycles. The molecule has 118 valence electrons. The van der Waals surface area contributed by atoms with Crippen LogP contribution in [0.1, 0.15) is 30.1 Å². The third-order valence-corrected chi connectivity index (χ3v) is 3.79. The number of carbonyl (C=O) groups excluding carboxylic acids is 1. The van der Waals surface area contributed by atoms with E-state index < -0.39 is 0 Å². The minimum atomic E-state index is -0.117. The van der Waals surface area contributed by atoms with E-state index in [-0.39, 0.29) is 18.3 Å². The topological polar surface area (TPSA) is 41.1 Å². The van der Waals surface area contributed by atoms with Crippen molar-refractivity contribution in [3.8, 4) is 0 Å². The molecule has 22 heavy (non-hydrogen) atoms. The highest BCUT2D eigenvalue weighted by molar-refractivity contribution is 9.10. The Bertz CT molecular complexity index is 619. The molecule has 2 N–H and O–H groups in total. The average molecular weight is 384 g/mol. The van der Waals surface area contributed by atoms with Crippen LogP contribution in [0.4, 0.5) is 11.4 Å². The molecule has 3 nitrogen and oxygen atoms in total. The predicted octanol–water partition coefficient (Wildman–Crippen LogP) is 5.34. The van der Waals surface area contributed by atoms with Gasteiger partial charge in [-0.05, 0) is 52.7 Å². The summed E-state index contributed by atoms with van der Waals surface area (Å²) in [7, 11) is 0. The van der Waals surface area contributed by atoms with Crippen LogP contribution in [0.2, 0.25) is 0 Å². The molecule has 0 aromatic heterocycles. The maximum absolute atomic E-state index is 12.2. The Hall–Kier alpha value is -1.52. The Morgan fingerprint density at radius 3 is 2.55 bits per heavy atom. The molecule has 0 spiro atoms. The number of hydrogen-bond acceptors (Lipinski definition) is 2. The summed E-state index contributed by atoms with van der Waals surface area (Å²) >= 11 is 3.39. The van der Waals surface area contributed by atoms with Crippen LogP contribution in [0.3, 0.4) is 0 Å². The zero-order valence-electron chi connectivity index (χ0n) is 12.4. The van der Waals surface area contributed by atoms with Gasteiger partial charge in [-0.1, -0.05) is 31.5 Å². The quantitative estimate of drug-likeness (QED) is 0.661. The molecule has 0 radical (unpaired) electrons. The Kier molecular flexibility index (Phi) is 7.99. The lowest BCUT2D eigenvalue weighted by Gasteiger charge is -2.10. The molecule has 0 saturated heterocycles. The highest BCUT2D eigenvalue weighted by atomic mass is 79.9. The lowest BCUT2D eigenvalue weighted by Crippen LogP contribution is -2.12. The molecule has 0 bridgehead atoms. The fourth-order valence-corrected chi connectivity index (χ4v) is 2.43. The standard InChI is InChI=1S/C17H19BrN2O.ClH/c1-2-3-11-19-13-7-6-8-14(12-13)20-17(21)15-9-4-5-10-16(15)18;/h4-10,12,19H,2-3,11H2,1H3,(H,20,21);1H. The van der Waals surface area contributed by atoms with E-state index in [2.05, 4.69) is 33.5 Å². The first-order chi connectivity index (χ1) is 10.2. The van der Waals surface area contributed by atoms with E-state index in [0.717, 1.165) is 35.2 Å². The van der Waals surface area contributed by atoms with Gasteiger partial charge in [0.25, 0.3) is 5.91 Å². The van der Waals surface area contributed by atoms with Gasteiger partial charge in [0, 0.05) is 22.4 Å². The van der Waals surface area contributed by atoms with Crippen molar-refractivity contribution in [3.63, 3.8) is 0 Å². The Morgan fingerprint density at radius 1 is 1.09 bits per heavy atom. The monoisotopic (exact) mass is 382 g/mol. The number of rotatable bonds is 6. The Labute approximate surface area is 146 Å². The highest BCUT2D eigenvalue weighted by Crippen LogP contribution is 2.19. The number of benzene rings is 2. The third-order valence-electron chi connectivity index (χ3n) is 3.10. The molecule has 0 saturated carbocycles. The highest BCUT2D eigenvalue weighted by Gasteiger charge is 2.09. The summed E-state index contributed by atoms with van der Waals surface area (Å²) in [5.74, 6) is -0.117. The molecular formula is C17H20BrClN2O. The van der Waals surface area contributed by atoms with Crippen molar-refractivity contribution in [2.45, 2.75) is 19.8 Å². The number of hydrogen-bond donors (Lipinski definition) is 2. The Morgan fingerprint density at radius 2 is 1.82 bits per heavy atom. The predicted molar refractivity (Wildman–Crippen MR) is 99.2 cm³/mol. The summed E-state index contributed by atoms with van der Waals surface area (Å²) in [4.78, 5) is 12.2. The smallest absolute Gasteiger partial charge is 0.256 e. The van der Waals surface area contributed by atoms with Crippen LogP contribution < -0.4 is 10.6 Å². The Balaban J connectivity index is 0.00000242. The SMILES string of the molecule is CCCCNc1cccc(NC(=O)c2ccccc2Br)c1.Cl. The van der Waals surface area contributed by atoms with Gasteiger partial charge in [-0.25, -0.2) is 0 Å². The van der Waals surface area contributed by atoms with Crippen molar-refractivity contribution in [2.75, 3.05) is 17.2 Å². The number of halogens is 2. The molecule has 0 aliphatic heterocycles. The van der Waals surface area contributed by atoms with Crippen molar-refractivity contribution in [1.29, 1.82) is 0 Å². The number of nitrogens with one attached hydrogen (secondary N) is 2. The molecule has 5 heteroatoms. The first-order valence-electron chi connectivity index (χ1n) is 7.10. The number of carbonyl (C=O) groups is 1. The maximum Gasteiger partial charge on any atom is 0.256 e. The van der Waals surface area contributed by atoms with Gasteiger partial charge in [0.2, 0.25) is 0 Å². The van der Waals surface area contributed by atoms with Crippen molar-refractivity contribution in [1.82, 2.24) is 0 Å². The van der Waals surface area contributed by atoms with E-state index in [9.17, 15) is 4.79 Å². The second-order valence-electron chi connectivity index (χ2n) is 4.80. The van der Waals surface area contributed by atoms with Crippen molar-refractivity contribution in [3.05, 3.63) is 58.6 Å². The van der Waals surface area contributed by atoms with Crippen LogP contribution in [0.25, 0.3) is 0 Å². The number of unbranched alkanes of at least 4 members (excludes halogenated alkanes) is 1. The van der Waals surface area contributed by atoms with Crippen LogP contribution >= 0.6 is 28.3 Å². The number of anilines is 2. The van der Waals surface area contributed by atoms with Gasteiger partial charge in [-0.3, -0.25) is 4.79 Å². The van der Waals surface area contributed by atoms with E-state index in [1.165, 1.54) is 0 Å². The zero-order chi connectivity index (χ0) is 15.1. The number of amides is 1. The molecule has 2 rings (SSSR count). The second-order valence-corrected chi connectivity index (χ2v) is 5.65. The molecule has 1 amide bonds. The molecule has 0 heterocycles. The van der Waals surface area contributed by atoms with E-state index in [4.69, 9.17) is 0 Å². The van der Waals surface area contributed by atoms with E-state index in [0.29, 0.717) is 5.56 Å². The van der Waals surface area contributed by atoms with Crippen molar-refractivity contribution < 1.29 is 4.79 Å². The van der Waals surface area contributed by atoms with Crippen LogP contribution in [0, 0.1) is 0 Å². The minimum Gasteiger partial charge on any atom is -0.385 e. The fraction of sp³-hybridized carbons (Fsp3) is 0.235. The first-order valence-corrected chi connectivity index (χ1v) is 7.90.